The lowest BCUT2D eigenvalue weighted by molar-refractivity contribution is -0.138. The molecule has 1 heterocycles. The van der Waals surface area contributed by atoms with Crippen molar-refractivity contribution in [2.75, 3.05) is 0 Å². The van der Waals surface area contributed by atoms with Crippen LogP contribution in [0.15, 0.2) is 18.3 Å². The lowest BCUT2D eigenvalue weighted by atomic mass is 10.1. The minimum Gasteiger partial charge on any atom is -0.480 e. The summed E-state index contributed by atoms with van der Waals surface area (Å²) >= 11 is 0. The Labute approximate surface area is 74.4 Å². The Hall–Kier alpha value is -1.93. The molecule has 0 aromatic carbocycles. The van der Waals surface area contributed by atoms with E-state index in [0.717, 1.165) is 0 Å². The van der Waals surface area contributed by atoms with E-state index >= 15 is 0 Å². The van der Waals surface area contributed by atoms with Gasteiger partial charge in [-0.15, -0.1) is 0 Å². The Balaban J connectivity index is 3.03. The number of carboxylic acid groups (broad SMARTS) is 1. The van der Waals surface area contributed by atoms with Gasteiger partial charge in [0.15, 0.2) is 0 Å². The third kappa shape index (κ3) is 2.01. The lowest BCUT2D eigenvalue weighted by Gasteiger charge is -2.04. The third-order valence-corrected chi connectivity index (χ3v) is 1.49. The first kappa shape index (κ1) is 9.16. The van der Waals surface area contributed by atoms with Crippen LogP contribution in [0.4, 0.5) is 0 Å². The van der Waals surface area contributed by atoms with Crippen LogP contribution in [0.1, 0.15) is 17.3 Å². The highest BCUT2D eigenvalue weighted by Crippen LogP contribution is 2.08. The van der Waals surface area contributed by atoms with Crippen molar-refractivity contribution in [3.05, 3.63) is 29.6 Å². The average molecular weight is 177 g/mol. The molecular weight excluding hydrogens is 170 g/mol. The first-order valence-electron chi connectivity index (χ1n) is 3.49. The zero-order chi connectivity index (χ0) is 9.84. The van der Waals surface area contributed by atoms with E-state index in [9.17, 15) is 4.79 Å². The molecule has 0 saturated carbocycles. The maximum atomic E-state index is 10.5. The number of nitriles is 1. The predicted molar refractivity (Wildman–Crippen MR) is 43.5 cm³/mol. The van der Waals surface area contributed by atoms with Gasteiger partial charge in [0.1, 0.15) is 6.04 Å². The molecule has 0 aliphatic heterocycles. The quantitative estimate of drug-likeness (QED) is 0.664. The molecule has 0 spiro atoms. The number of carboxylic acids is 1. The van der Waals surface area contributed by atoms with Crippen molar-refractivity contribution in [3.63, 3.8) is 0 Å². The SMILES string of the molecule is N#Cc1ccnc([C@H](N)C(=O)O)c1. The molecule has 0 fully saturated rings. The third-order valence-electron chi connectivity index (χ3n) is 1.49. The minimum absolute atomic E-state index is 0.187. The number of hydrogen-bond acceptors (Lipinski definition) is 4. The molecular formula is C8H7N3O2. The summed E-state index contributed by atoms with van der Waals surface area (Å²) in [6.45, 7) is 0. The molecule has 0 bridgehead atoms. The van der Waals surface area contributed by atoms with Gasteiger partial charge in [0.05, 0.1) is 17.3 Å². The topological polar surface area (TPSA) is 100 Å². The maximum absolute atomic E-state index is 10.5. The van der Waals surface area contributed by atoms with E-state index in [1.807, 2.05) is 6.07 Å². The Morgan fingerprint density at radius 2 is 2.46 bits per heavy atom. The van der Waals surface area contributed by atoms with Crippen molar-refractivity contribution in [1.29, 1.82) is 5.26 Å². The Kier molecular flexibility index (Phi) is 2.57. The molecule has 3 N–H and O–H groups in total. The van der Waals surface area contributed by atoms with Crippen molar-refractivity contribution < 1.29 is 9.90 Å². The van der Waals surface area contributed by atoms with E-state index in [4.69, 9.17) is 16.1 Å². The molecule has 0 amide bonds. The second-order valence-electron chi connectivity index (χ2n) is 2.40. The monoisotopic (exact) mass is 177 g/mol. The largest absolute Gasteiger partial charge is 0.480 e. The maximum Gasteiger partial charge on any atom is 0.326 e. The standard InChI is InChI=1S/C8H7N3O2/c9-4-5-1-2-11-6(3-5)7(10)8(12)13/h1-3,7H,10H2,(H,12,13)/t7-/m0/s1. The normalized spacial score (nSPS) is 11.7. The molecule has 0 saturated heterocycles. The van der Waals surface area contributed by atoms with Gasteiger partial charge in [-0.1, -0.05) is 0 Å². The fraction of sp³-hybridized carbons (Fsp3) is 0.125. The van der Waals surface area contributed by atoms with Gasteiger partial charge in [-0.25, -0.2) is 0 Å². The number of rotatable bonds is 2. The van der Waals surface area contributed by atoms with Gasteiger partial charge in [-0.3, -0.25) is 9.78 Å². The van der Waals surface area contributed by atoms with Crippen LogP contribution in [0, 0.1) is 11.3 Å². The number of aliphatic carboxylic acids is 1. The highest BCUT2D eigenvalue weighted by molar-refractivity contribution is 5.74. The van der Waals surface area contributed by atoms with Gasteiger partial charge in [0, 0.05) is 6.20 Å². The zero-order valence-electron chi connectivity index (χ0n) is 6.64. The van der Waals surface area contributed by atoms with Gasteiger partial charge in [-0.2, -0.15) is 5.26 Å². The van der Waals surface area contributed by atoms with E-state index in [2.05, 4.69) is 4.98 Å². The van der Waals surface area contributed by atoms with E-state index in [1.54, 1.807) is 0 Å². The van der Waals surface area contributed by atoms with Crippen molar-refractivity contribution in [1.82, 2.24) is 4.98 Å². The average Bonchev–Trinajstić information content (AvgIpc) is 2.16. The molecule has 5 nitrogen and oxygen atoms in total. The molecule has 1 atom stereocenters. The summed E-state index contributed by atoms with van der Waals surface area (Å²) in [5, 5.41) is 17.1. The number of nitrogens with two attached hydrogens (primary N) is 1. The van der Waals surface area contributed by atoms with Crippen molar-refractivity contribution in [2.24, 2.45) is 5.73 Å². The van der Waals surface area contributed by atoms with Crippen LogP contribution >= 0.6 is 0 Å². The van der Waals surface area contributed by atoms with Crippen LogP contribution in [0.3, 0.4) is 0 Å². The predicted octanol–water partition coefficient (Wildman–Crippen LogP) is 0.0377. The van der Waals surface area contributed by atoms with Crippen LogP contribution in [0.2, 0.25) is 0 Å². The van der Waals surface area contributed by atoms with Crippen molar-refractivity contribution >= 4 is 5.97 Å². The Morgan fingerprint density at radius 1 is 1.77 bits per heavy atom. The van der Waals surface area contributed by atoms with Crippen molar-refractivity contribution in [3.8, 4) is 6.07 Å². The highest BCUT2D eigenvalue weighted by Gasteiger charge is 2.15. The van der Waals surface area contributed by atoms with E-state index < -0.39 is 12.0 Å². The second kappa shape index (κ2) is 3.65. The number of nitrogens with zero attached hydrogens (tertiary/aromatic N) is 2. The minimum atomic E-state index is -1.17. The number of aromatic nitrogens is 1. The molecule has 1 aromatic heterocycles. The lowest BCUT2D eigenvalue weighted by Crippen LogP contribution is -2.21. The van der Waals surface area contributed by atoms with Crippen LogP contribution in [-0.2, 0) is 4.79 Å². The summed E-state index contributed by atoms with van der Waals surface area (Å²) in [7, 11) is 0. The summed E-state index contributed by atoms with van der Waals surface area (Å²) in [5.74, 6) is -1.16. The molecule has 66 valence electrons. The summed E-state index contributed by atoms with van der Waals surface area (Å²) in [6.07, 6.45) is 1.36. The fourth-order valence-electron chi connectivity index (χ4n) is 0.814. The number of pyridine rings is 1. The molecule has 0 unspecified atom stereocenters. The summed E-state index contributed by atoms with van der Waals surface area (Å²) in [5.41, 5.74) is 5.83. The summed E-state index contributed by atoms with van der Waals surface area (Å²) < 4.78 is 0. The molecule has 0 aliphatic carbocycles. The molecule has 1 rings (SSSR count). The van der Waals surface area contributed by atoms with E-state index in [0.29, 0.717) is 5.56 Å². The van der Waals surface area contributed by atoms with Gasteiger partial charge < -0.3 is 10.8 Å². The first-order valence-corrected chi connectivity index (χ1v) is 3.49. The molecule has 5 heteroatoms. The molecule has 0 aliphatic rings. The summed E-state index contributed by atoms with van der Waals surface area (Å²) in [4.78, 5) is 14.2. The van der Waals surface area contributed by atoms with E-state index in [1.165, 1.54) is 18.3 Å². The first-order chi connectivity index (χ1) is 6.15. The molecule has 0 radical (unpaired) electrons. The Bertz CT molecular complexity index is 370. The Morgan fingerprint density at radius 3 is 3.00 bits per heavy atom. The van der Waals surface area contributed by atoms with Crippen LogP contribution in [-0.4, -0.2) is 16.1 Å². The van der Waals surface area contributed by atoms with Gasteiger partial charge in [-0.05, 0) is 12.1 Å². The smallest absolute Gasteiger partial charge is 0.326 e. The zero-order valence-corrected chi connectivity index (χ0v) is 6.64. The number of carbonyl (C=O) groups is 1. The van der Waals surface area contributed by atoms with Gasteiger partial charge >= 0.3 is 5.97 Å². The van der Waals surface area contributed by atoms with Crippen LogP contribution in [0.5, 0.6) is 0 Å². The van der Waals surface area contributed by atoms with Gasteiger partial charge in [0.2, 0.25) is 0 Å². The molecule has 1 aromatic rings. The van der Waals surface area contributed by atoms with E-state index in [-0.39, 0.29) is 5.69 Å². The molecule has 13 heavy (non-hydrogen) atoms. The second-order valence-corrected chi connectivity index (χ2v) is 2.40. The van der Waals surface area contributed by atoms with Gasteiger partial charge in [0.25, 0.3) is 0 Å². The highest BCUT2D eigenvalue weighted by atomic mass is 16.4. The van der Waals surface area contributed by atoms with Crippen LogP contribution in [0.25, 0.3) is 0 Å². The van der Waals surface area contributed by atoms with Crippen LogP contribution < -0.4 is 5.73 Å². The van der Waals surface area contributed by atoms with Crippen molar-refractivity contribution in [2.45, 2.75) is 6.04 Å². The number of hydrogen-bond donors (Lipinski definition) is 2. The summed E-state index contributed by atoms with van der Waals surface area (Å²) in [6, 6.07) is 3.54. The fourth-order valence-corrected chi connectivity index (χ4v) is 0.814.